The number of hydrogen-bond acceptors (Lipinski definition) is 4. The molecule has 0 aliphatic carbocycles. The van der Waals surface area contributed by atoms with Crippen molar-refractivity contribution in [3.8, 4) is 5.75 Å². The number of nitrogens with two attached hydrogens (primary N) is 1. The van der Waals surface area contributed by atoms with Crippen molar-refractivity contribution >= 4 is 11.6 Å². The molecule has 0 aliphatic heterocycles. The van der Waals surface area contributed by atoms with Gasteiger partial charge in [-0.3, -0.25) is 9.59 Å². The SMILES string of the molecule is CC(C)c1cc(C(=O)Nc2ccc(OCCN)cc2)cc(=O)[nH]1. The minimum Gasteiger partial charge on any atom is -0.492 e. The van der Waals surface area contributed by atoms with Crippen LogP contribution in [0.25, 0.3) is 0 Å². The number of carbonyl (C=O) groups is 1. The van der Waals surface area contributed by atoms with Crippen molar-refractivity contribution in [1.82, 2.24) is 4.98 Å². The van der Waals surface area contributed by atoms with Gasteiger partial charge in [0.25, 0.3) is 5.91 Å². The second-order valence-corrected chi connectivity index (χ2v) is 5.46. The van der Waals surface area contributed by atoms with Gasteiger partial charge in [-0.25, -0.2) is 0 Å². The summed E-state index contributed by atoms with van der Waals surface area (Å²) < 4.78 is 5.37. The van der Waals surface area contributed by atoms with Crippen molar-refractivity contribution in [2.24, 2.45) is 5.73 Å². The Labute approximate surface area is 134 Å². The molecule has 2 aromatic rings. The van der Waals surface area contributed by atoms with Gasteiger partial charge in [0, 0.05) is 29.6 Å². The molecule has 6 nitrogen and oxygen atoms in total. The number of ether oxygens (including phenoxy) is 1. The molecule has 1 aromatic carbocycles. The number of aromatic nitrogens is 1. The van der Waals surface area contributed by atoms with Crippen LogP contribution >= 0.6 is 0 Å². The first-order valence-electron chi connectivity index (χ1n) is 7.48. The quantitative estimate of drug-likeness (QED) is 0.760. The smallest absolute Gasteiger partial charge is 0.255 e. The molecule has 1 aromatic heterocycles. The van der Waals surface area contributed by atoms with Crippen LogP contribution in [0, 0.1) is 0 Å². The monoisotopic (exact) mass is 315 g/mol. The molecule has 23 heavy (non-hydrogen) atoms. The zero-order valence-corrected chi connectivity index (χ0v) is 13.3. The van der Waals surface area contributed by atoms with Gasteiger partial charge in [0.15, 0.2) is 0 Å². The number of carbonyl (C=O) groups excluding carboxylic acids is 1. The molecule has 0 bridgehead atoms. The van der Waals surface area contributed by atoms with E-state index in [0.29, 0.717) is 30.2 Å². The second-order valence-electron chi connectivity index (χ2n) is 5.46. The maximum Gasteiger partial charge on any atom is 0.255 e. The first kappa shape index (κ1) is 16.8. The Balaban J connectivity index is 2.11. The van der Waals surface area contributed by atoms with Crippen LogP contribution in [-0.4, -0.2) is 24.0 Å². The van der Waals surface area contributed by atoms with E-state index in [9.17, 15) is 9.59 Å². The van der Waals surface area contributed by atoms with E-state index in [1.807, 2.05) is 13.8 Å². The number of nitrogens with one attached hydrogen (secondary N) is 2. The largest absolute Gasteiger partial charge is 0.492 e. The Kier molecular flexibility index (Phi) is 5.54. The third-order valence-electron chi connectivity index (χ3n) is 3.25. The van der Waals surface area contributed by atoms with Crippen LogP contribution in [0.5, 0.6) is 5.75 Å². The molecule has 0 aliphatic rings. The molecule has 2 rings (SSSR count). The lowest BCUT2D eigenvalue weighted by atomic mass is 10.1. The number of anilines is 1. The van der Waals surface area contributed by atoms with Crippen LogP contribution in [0.3, 0.4) is 0 Å². The summed E-state index contributed by atoms with van der Waals surface area (Å²) in [7, 11) is 0. The average Bonchev–Trinajstić information content (AvgIpc) is 2.53. The highest BCUT2D eigenvalue weighted by Crippen LogP contribution is 2.17. The summed E-state index contributed by atoms with van der Waals surface area (Å²) in [6.07, 6.45) is 0. The van der Waals surface area contributed by atoms with Gasteiger partial charge in [-0.05, 0) is 36.2 Å². The van der Waals surface area contributed by atoms with Gasteiger partial charge in [-0.1, -0.05) is 13.8 Å². The van der Waals surface area contributed by atoms with Crippen molar-refractivity contribution in [3.05, 3.63) is 58.0 Å². The molecule has 0 fully saturated rings. The van der Waals surface area contributed by atoms with E-state index >= 15 is 0 Å². The van der Waals surface area contributed by atoms with Crippen molar-refractivity contribution in [1.29, 1.82) is 0 Å². The summed E-state index contributed by atoms with van der Waals surface area (Å²) in [4.78, 5) is 26.7. The van der Waals surface area contributed by atoms with Crippen LogP contribution in [0.4, 0.5) is 5.69 Å². The topological polar surface area (TPSA) is 97.2 Å². The fourth-order valence-electron chi connectivity index (χ4n) is 2.02. The summed E-state index contributed by atoms with van der Waals surface area (Å²) in [5.41, 5.74) is 6.78. The highest BCUT2D eigenvalue weighted by molar-refractivity contribution is 6.04. The molecule has 1 heterocycles. The van der Waals surface area contributed by atoms with E-state index in [-0.39, 0.29) is 17.4 Å². The Morgan fingerprint density at radius 2 is 1.96 bits per heavy atom. The van der Waals surface area contributed by atoms with E-state index in [2.05, 4.69) is 10.3 Å². The van der Waals surface area contributed by atoms with Gasteiger partial charge in [-0.15, -0.1) is 0 Å². The van der Waals surface area contributed by atoms with Crippen LogP contribution < -0.4 is 21.3 Å². The predicted octanol–water partition coefficient (Wildman–Crippen LogP) is 2.09. The molecule has 0 saturated heterocycles. The molecule has 0 saturated carbocycles. The van der Waals surface area contributed by atoms with Gasteiger partial charge in [-0.2, -0.15) is 0 Å². The number of rotatable bonds is 6. The summed E-state index contributed by atoms with van der Waals surface area (Å²) in [6, 6.07) is 9.96. The van der Waals surface area contributed by atoms with Gasteiger partial charge in [0.05, 0.1) is 0 Å². The maximum absolute atomic E-state index is 12.3. The molecular weight excluding hydrogens is 294 g/mol. The van der Waals surface area contributed by atoms with Crippen molar-refractivity contribution < 1.29 is 9.53 Å². The highest BCUT2D eigenvalue weighted by Gasteiger charge is 2.10. The zero-order valence-electron chi connectivity index (χ0n) is 13.3. The molecule has 0 spiro atoms. The van der Waals surface area contributed by atoms with Crippen molar-refractivity contribution in [2.45, 2.75) is 19.8 Å². The molecule has 0 unspecified atom stereocenters. The third-order valence-corrected chi connectivity index (χ3v) is 3.25. The molecule has 0 radical (unpaired) electrons. The Bertz CT molecular complexity index is 721. The second kappa shape index (κ2) is 7.60. The Hall–Kier alpha value is -2.60. The van der Waals surface area contributed by atoms with Crippen molar-refractivity contribution in [2.75, 3.05) is 18.5 Å². The number of H-pyrrole nitrogens is 1. The number of benzene rings is 1. The fraction of sp³-hybridized carbons (Fsp3) is 0.294. The molecule has 122 valence electrons. The van der Waals surface area contributed by atoms with E-state index in [0.717, 1.165) is 5.69 Å². The van der Waals surface area contributed by atoms with Crippen LogP contribution in [0.2, 0.25) is 0 Å². The minimum atomic E-state index is -0.325. The summed E-state index contributed by atoms with van der Waals surface area (Å²) in [5, 5.41) is 2.76. The summed E-state index contributed by atoms with van der Waals surface area (Å²) >= 11 is 0. The van der Waals surface area contributed by atoms with E-state index in [1.165, 1.54) is 6.07 Å². The summed E-state index contributed by atoms with van der Waals surface area (Å²) in [6.45, 7) is 4.79. The first-order valence-corrected chi connectivity index (χ1v) is 7.48. The number of aromatic amines is 1. The number of pyridine rings is 1. The lowest BCUT2D eigenvalue weighted by molar-refractivity contribution is 0.102. The lowest BCUT2D eigenvalue weighted by Gasteiger charge is -2.09. The molecule has 0 atom stereocenters. The van der Waals surface area contributed by atoms with Gasteiger partial charge in [0.1, 0.15) is 12.4 Å². The van der Waals surface area contributed by atoms with E-state index in [4.69, 9.17) is 10.5 Å². The first-order chi connectivity index (χ1) is 11.0. The highest BCUT2D eigenvalue weighted by atomic mass is 16.5. The Morgan fingerprint density at radius 1 is 1.26 bits per heavy atom. The van der Waals surface area contributed by atoms with E-state index in [1.54, 1.807) is 30.3 Å². The maximum atomic E-state index is 12.3. The van der Waals surface area contributed by atoms with Gasteiger partial charge in [0.2, 0.25) is 5.56 Å². The van der Waals surface area contributed by atoms with E-state index < -0.39 is 0 Å². The standard InChI is InChI=1S/C17H21N3O3/c1-11(2)15-9-12(10-16(21)20-15)17(22)19-13-3-5-14(6-4-13)23-8-7-18/h3-6,9-11H,7-8,18H2,1-2H3,(H,19,22)(H,20,21). The number of amides is 1. The Morgan fingerprint density at radius 3 is 2.57 bits per heavy atom. The third kappa shape index (κ3) is 4.69. The van der Waals surface area contributed by atoms with Crippen LogP contribution in [0.1, 0.15) is 35.8 Å². The lowest BCUT2D eigenvalue weighted by Crippen LogP contribution is -2.18. The predicted molar refractivity (Wildman–Crippen MR) is 90.1 cm³/mol. The summed E-state index contributed by atoms with van der Waals surface area (Å²) in [5.74, 6) is 0.495. The van der Waals surface area contributed by atoms with Gasteiger partial charge < -0.3 is 20.8 Å². The fourth-order valence-corrected chi connectivity index (χ4v) is 2.02. The van der Waals surface area contributed by atoms with Crippen LogP contribution in [0.15, 0.2) is 41.2 Å². The molecule has 6 heteroatoms. The number of hydrogen-bond donors (Lipinski definition) is 3. The van der Waals surface area contributed by atoms with Crippen molar-refractivity contribution in [3.63, 3.8) is 0 Å². The van der Waals surface area contributed by atoms with Crippen LogP contribution in [-0.2, 0) is 0 Å². The molecule has 4 N–H and O–H groups in total. The molecule has 1 amide bonds. The zero-order chi connectivity index (χ0) is 16.8. The minimum absolute atomic E-state index is 0.134. The average molecular weight is 315 g/mol. The molecular formula is C17H21N3O3. The van der Waals surface area contributed by atoms with Gasteiger partial charge >= 0.3 is 0 Å². The normalized spacial score (nSPS) is 10.6.